The van der Waals surface area contributed by atoms with Crippen molar-refractivity contribution in [3.8, 4) is 0 Å². The van der Waals surface area contributed by atoms with Gasteiger partial charge in [-0.05, 0) is 20.8 Å². The van der Waals surface area contributed by atoms with Crippen LogP contribution in [0.5, 0.6) is 0 Å². The summed E-state index contributed by atoms with van der Waals surface area (Å²) in [7, 11) is 0. The zero-order valence-corrected chi connectivity index (χ0v) is 8.82. The Morgan fingerprint density at radius 3 is 2.64 bits per heavy atom. The van der Waals surface area contributed by atoms with Crippen LogP contribution in [0.4, 0.5) is 9.18 Å². The van der Waals surface area contributed by atoms with Gasteiger partial charge in [-0.25, -0.2) is 9.18 Å². The van der Waals surface area contributed by atoms with Crippen LogP contribution in [0.2, 0.25) is 0 Å². The second-order valence-electron chi connectivity index (χ2n) is 4.52. The maximum atomic E-state index is 13.7. The number of amides is 1. The molecule has 0 spiro atoms. The van der Waals surface area contributed by atoms with Gasteiger partial charge in [-0.3, -0.25) is 5.32 Å². The zero-order chi connectivity index (χ0) is 10.8. The second-order valence-corrected chi connectivity index (χ2v) is 4.52. The smallest absolute Gasteiger partial charge is 0.410 e. The Morgan fingerprint density at radius 1 is 1.57 bits per heavy atom. The first-order valence-corrected chi connectivity index (χ1v) is 4.72. The third kappa shape index (κ3) is 3.49. The number of alkyl carbamates (subject to hydrolysis) is 1. The van der Waals surface area contributed by atoms with Crippen LogP contribution in [0.1, 0.15) is 27.2 Å². The molecule has 1 aliphatic rings. The van der Waals surface area contributed by atoms with Crippen molar-refractivity contribution in [3.05, 3.63) is 0 Å². The van der Waals surface area contributed by atoms with Crippen LogP contribution in [0.25, 0.3) is 0 Å². The molecule has 5 heteroatoms. The number of hydrogen-bond donors (Lipinski definition) is 2. The molecule has 1 atom stereocenters. The normalized spacial score (nSPS) is 27.4. The van der Waals surface area contributed by atoms with Gasteiger partial charge in [-0.2, -0.15) is 0 Å². The number of rotatable bonds is 1. The molecule has 1 fully saturated rings. The number of carbonyl (C=O) groups is 1. The minimum absolute atomic E-state index is 0.145. The summed E-state index contributed by atoms with van der Waals surface area (Å²) in [5.41, 5.74) is -0.591. The van der Waals surface area contributed by atoms with Crippen LogP contribution >= 0.6 is 0 Å². The minimum Gasteiger partial charge on any atom is -0.444 e. The number of carbonyl (C=O) groups excluding carboxylic acids is 1. The van der Waals surface area contributed by atoms with Gasteiger partial charge in [0, 0.05) is 19.5 Å². The van der Waals surface area contributed by atoms with Crippen molar-refractivity contribution in [2.75, 3.05) is 13.1 Å². The SMILES string of the molecule is CC(C)(C)OC(=O)NC1(F)CCNC1. The number of nitrogens with one attached hydrogen (secondary N) is 2. The number of hydrogen-bond acceptors (Lipinski definition) is 3. The lowest BCUT2D eigenvalue weighted by molar-refractivity contribution is 0.0326. The summed E-state index contributed by atoms with van der Waals surface area (Å²) in [6, 6.07) is 0. The van der Waals surface area contributed by atoms with Gasteiger partial charge in [0.05, 0.1) is 0 Å². The summed E-state index contributed by atoms with van der Waals surface area (Å²) in [5.74, 6) is -1.65. The maximum Gasteiger partial charge on any atom is 0.410 e. The quantitative estimate of drug-likeness (QED) is 0.630. The van der Waals surface area contributed by atoms with Gasteiger partial charge in [-0.15, -0.1) is 0 Å². The Balaban J connectivity index is 2.40. The lowest BCUT2D eigenvalue weighted by Gasteiger charge is -2.24. The second kappa shape index (κ2) is 3.73. The molecule has 1 aliphatic heterocycles. The molecule has 14 heavy (non-hydrogen) atoms. The Labute approximate surface area is 83.2 Å². The van der Waals surface area contributed by atoms with Gasteiger partial charge in [0.2, 0.25) is 0 Å². The number of halogens is 1. The van der Waals surface area contributed by atoms with Crippen LogP contribution in [0.3, 0.4) is 0 Å². The number of ether oxygens (including phenoxy) is 1. The molecule has 0 aromatic carbocycles. The van der Waals surface area contributed by atoms with Crippen LogP contribution < -0.4 is 10.6 Å². The fourth-order valence-corrected chi connectivity index (χ4v) is 1.25. The van der Waals surface area contributed by atoms with Gasteiger partial charge < -0.3 is 10.1 Å². The van der Waals surface area contributed by atoms with Gasteiger partial charge in [-0.1, -0.05) is 0 Å². The highest BCUT2D eigenvalue weighted by molar-refractivity contribution is 5.68. The highest BCUT2D eigenvalue weighted by Crippen LogP contribution is 2.17. The molecule has 2 N–H and O–H groups in total. The molecule has 0 aliphatic carbocycles. The molecule has 0 aromatic rings. The van der Waals surface area contributed by atoms with E-state index in [9.17, 15) is 9.18 Å². The van der Waals surface area contributed by atoms with Crippen LogP contribution in [-0.4, -0.2) is 30.6 Å². The van der Waals surface area contributed by atoms with E-state index in [1.807, 2.05) is 0 Å². The van der Waals surface area contributed by atoms with Crippen molar-refractivity contribution in [1.29, 1.82) is 0 Å². The molecule has 1 heterocycles. The van der Waals surface area contributed by atoms with E-state index in [1.54, 1.807) is 20.8 Å². The molecule has 0 radical (unpaired) electrons. The van der Waals surface area contributed by atoms with Crippen molar-refractivity contribution >= 4 is 6.09 Å². The van der Waals surface area contributed by atoms with Gasteiger partial charge in [0.1, 0.15) is 5.60 Å². The van der Waals surface area contributed by atoms with E-state index in [2.05, 4.69) is 10.6 Å². The summed E-state index contributed by atoms with van der Waals surface area (Å²) < 4.78 is 18.6. The van der Waals surface area contributed by atoms with Crippen molar-refractivity contribution in [3.63, 3.8) is 0 Å². The molecule has 0 bridgehead atoms. The minimum atomic E-state index is -1.65. The van der Waals surface area contributed by atoms with Gasteiger partial charge >= 0.3 is 6.09 Å². The average molecular weight is 204 g/mol. The van der Waals surface area contributed by atoms with Crippen molar-refractivity contribution < 1.29 is 13.9 Å². The van der Waals surface area contributed by atoms with Gasteiger partial charge in [0.15, 0.2) is 5.79 Å². The molecule has 1 rings (SSSR count). The topological polar surface area (TPSA) is 50.4 Å². The first-order valence-electron chi connectivity index (χ1n) is 4.72. The highest BCUT2D eigenvalue weighted by atomic mass is 19.1. The van der Waals surface area contributed by atoms with Crippen molar-refractivity contribution in [2.24, 2.45) is 0 Å². The summed E-state index contributed by atoms with van der Waals surface area (Å²) >= 11 is 0. The Bertz CT molecular complexity index is 219. The fourth-order valence-electron chi connectivity index (χ4n) is 1.25. The molecule has 1 unspecified atom stereocenters. The van der Waals surface area contributed by atoms with Gasteiger partial charge in [0.25, 0.3) is 0 Å². The number of alkyl halides is 1. The van der Waals surface area contributed by atoms with Crippen molar-refractivity contribution in [1.82, 2.24) is 10.6 Å². The Hall–Kier alpha value is -0.840. The Morgan fingerprint density at radius 2 is 2.21 bits per heavy atom. The maximum absolute atomic E-state index is 13.7. The lowest BCUT2D eigenvalue weighted by Crippen LogP contribution is -2.48. The average Bonchev–Trinajstić information content (AvgIpc) is 2.30. The van der Waals surface area contributed by atoms with Crippen molar-refractivity contribution in [2.45, 2.75) is 38.6 Å². The molecule has 4 nitrogen and oxygen atoms in total. The van der Waals surface area contributed by atoms with E-state index < -0.39 is 17.5 Å². The van der Waals surface area contributed by atoms with E-state index in [0.29, 0.717) is 6.54 Å². The predicted octanol–water partition coefficient (Wildman–Crippen LogP) is 1.17. The molecular weight excluding hydrogens is 187 g/mol. The highest BCUT2D eigenvalue weighted by Gasteiger charge is 2.36. The van der Waals surface area contributed by atoms with Crippen LogP contribution in [-0.2, 0) is 4.74 Å². The molecule has 82 valence electrons. The van der Waals surface area contributed by atoms with E-state index in [4.69, 9.17) is 4.74 Å². The molecule has 0 aromatic heterocycles. The standard InChI is InChI=1S/C9H17FN2O2/c1-8(2,3)14-7(13)12-9(10)4-5-11-6-9/h11H,4-6H2,1-3H3,(H,12,13). The van der Waals surface area contributed by atoms with E-state index in [1.165, 1.54) is 0 Å². The zero-order valence-electron chi connectivity index (χ0n) is 8.82. The van der Waals surface area contributed by atoms with Crippen LogP contribution in [0, 0.1) is 0 Å². The third-order valence-electron chi connectivity index (χ3n) is 1.83. The molecule has 1 saturated heterocycles. The fraction of sp³-hybridized carbons (Fsp3) is 0.889. The summed E-state index contributed by atoms with van der Waals surface area (Å²) in [5, 5.41) is 5.06. The molecular formula is C9H17FN2O2. The lowest BCUT2D eigenvalue weighted by atomic mass is 10.2. The van der Waals surface area contributed by atoms with Crippen LogP contribution in [0.15, 0.2) is 0 Å². The third-order valence-corrected chi connectivity index (χ3v) is 1.83. The largest absolute Gasteiger partial charge is 0.444 e. The van der Waals surface area contributed by atoms with E-state index >= 15 is 0 Å². The first kappa shape index (κ1) is 11.2. The monoisotopic (exact) mass is 204 g/mol. The summed E-state index contributed by atoms with van der Waals surface area (Å²) in [6.45, 7) is 5.94. The van der Waals surface area contributed by atoms with E-state index in [-0.39, 0.29) is 13.0 Å². The predicted molar refractivity (Wildman–Crippen MR) is 50.7 cm³/mol. The van der Waals surface area contributed by atoms with E-state index in [0.717, 1.165) is 0 Å². The summed E-state index contributed by atoms with van der Waals surface area (Å²) in [4.78, 5) is 11.2. The Kier molecular flexibility index (Phi) is 2.99. The first-order chi connectivity index (χ1) is 6.31. The summed E-state index contributed by atoms with van der Waals surface area (Å²) in [6.07, 6.45) is -0.421. The molecule has 1 amide bonds. The molecule has 0 saturated carbocycles.